The Labute approximate surface area is 143 Å². The Morgan fingerprint density at radius 2 is 2.29 bits per heavy atom. The topological polar surface area (TPSA) is 55.8 Å². The standard InChI is InChI=1S/C18H28FN3O2/c1-13-6-7-16(19)17(11-13)22-9-4-5-15(12-22)20-18(24)21(3)10-8-14(2)23/h6-7,11,14-15,23H,4-5,8-10,12H2,1-3H3,(H,20,24)/t14-,15-/m0/s1. The molecule has 2 N–H and O–H groups in total. The van der Waals surface area contributed by atoms with E-state index in [9.17, 15) is 14.3 Å². The minimum absolute atomic E-state index is 0.000150. The van der Waals surface area contributed by atoms with Gasteiger partial charge in [-0.15, -0.1) is 0 Å². The number of piperidine rings is 1. The Balaban J connectivity index is 1.93. The predicted molar refractivity (Wildman–Crippen MR) is 93.8 cm³/mol. The summed E-state index contributed by atoms with van der Waals surface area (Å²) < 4.78 is 14.1. The van der Waals surface area contributed by atoms with E-state index in [0.29, 0.717) is 25.2 Å². The van der Waals surface area contributed by atoms with Gasteiger partial charge in [-0.1, -0.05) is 6.07 Å². The van der Waals surface area contributed by atoms with Crippen LogP contribution in [0.2, 0.25) is 0 Å². The Hall–Kier alpha value is -1.82. The number of aliphatic hydroxyl groups excluding tert-OH is 1. The maximum absolute atomic E-state index is 14.1. The highest BCUT2D eigenvalue weighted by Crippen LogP contribution is 2.24. The number of halogens is 1. The zero-order chi connectivity index (χ0) is 17.7. The second kappa shape index (κ2) is 8.33. The van der Waals surface area contributed by atoms with E-state index in [2.05, 4.69) is 5.32 Å². The molecule has 0 unspecified atom stereocenters. The molecule has 1 aromatic carbocycles. The summed E-state index contributed by atoms with van der Waals surface area (Å²) in [6, 6.07) is 4.97. The van der Waals surface area contributed by atoms with E-state index in [4.69, 9.17) is 0 Å². The van der Waals surface area contributed by atoms with Crippen LogP contribution in [0, 0.1) is 12.7 Å². The van der Waals surface area contributed by atoms with Gasteiger partial charge in [-0.25, -0.2) is 9.18 Å². The summed E-state index contributed by atoms with van der Waals surface area (Å²) in [5, 5.41) is 12.3. The third kappa shape index (κ3) is 5.09. The molecule has 1 aliphatic heterocycles. The molecule has 0 aromatic heterocycles. The number of carbonyl (C=O) groups excluding carboxylic acids is 1. The lowest BCUT2D eigenvalue weighted by molar-refractivity contribution is 0.162. The number of aryl methyl sites for hydroxylation is 1. The number of nitrogens with zero attached hydrogens (tertiary/aromatic N) is 2. The molecule has 0 saturated carbocycles. The first kappa shape index (κ1) is 18.5. The fraction of sp³-hybridized carbons (Fsp3) is 0.611. The first-order valence-electron chi connectivity index (χ1n) is 8.57. The van der Waals surface area contributed by atoms with Gasteiger partial charge in [0.15, 0.2) is 0 Å². The van der Waals surface area contributed by atoms with Gasteiger partial charge in [-0.05, 0) is 50.8 Å². The van der Waals surface area contributed by atoms with Crippen molar-refractivity contribution in [3.05, 3.63) is 29.6 Å². The Kier molecular flexibility index (Phi) is 6.43. The lowest BCUT2D eigenvalue weighted by Gasteiger charge is -2.35. The lowest BCUT2D eigenvalue weighted by atomic mass is 10.0. The van der Waals surface area contributed by atoms with Crippen LogP contribution < -0.4 is 10.2 Å². The van der Waals surface area contributed by atoms with Gasteiger partial charge in [0.2, 0.25) is 0 Å². The number of hydrogen-bond acceptors (Lipinski definition) is 3. The van der Waals surface area contributed by atoms with Gasteiger partial charge in [-0.2, -0.15) is 0 Å². The summed E-state index contributed by atoms with van der Waals surface area (Å²) >= 11 is 0. The lowest BCUT2D eigenvalue weighted by Crippen LogP contribution is -2.51. The van der Waals surface area contributed by atoms with Crippen molar-refractivity contribution < 1.29 is 14.3 Å². The summed E-state index contributed by atoms with van der Waals surface area (Å²) in [7, 11) is 1.72. The zero-order valence-electron chi connectivity index (χ0n) is 14.8. The summed E-state index contributed by atoms with van der Waals surface area (Å²) in [6.07, 6.45) is 1.93. The monoisotopic (exact) mass is 337 g/mol. The van der Waals surface area contributed by atoms with Crippen molar-refractivity contribution in [3.8, 4) is 0 Å². The molecule has 1 aliphatic rings. The summed E-state index contributed by atoms with van der Waals surface area (Å²) in [5.74, 6) is -0.221. The van der Waals surface area contributed by atoms with Crippen molar-refractivity contribution in [3.63, 3.8) is 0 Å². The average Bonchev–Trinajstić information content (AvgIpc) is 2.55. The minimum atomic E-state index is -0.422. The van der Waals surface area contributed by atoms with Crippen molar-refractivity contribution in [2.24, 2.45) is 0 Å². The minimum Gasteiger partial charge on any atom is -0.393 e. The number of hydrogen-bond donors (Lipinski definition) is 2. The number of amides is 2. The van der Waals surface area contributed by atoms with Gasteiger partial charge >= 0.3 is 6.03 Å². The largest absolute Gasteiger partial charge is 0.393 e. The molecule has 5 nitrogen and oxygen atoms in total. The fourth-order valence-corrected chi connectivity index (χ4v) is 2.95. The van der Waals surface area contributed by atoms with Crippen LogP contribution in [0.15, 0.2) is 18.2 Å². The first-order valence-corrected chi connectivity index (χ1v) is 8.57. The Morgan fingerprint density at radius 1 is 1.54 bits per heavy atom. The number of urea groups is 1. The van der Waals surface area contributed by atoms with Gasteiger partial charge in [-0.3, -0.25) is 0 Å². The molecular formula is C18H28FN3O2. The Bertz CT molecular complexity index is 565. The third-order valence-electron chi connectivity index (χ3n) is 4.42. The highest BCUT2D eigenvalue weighted by atomic mass is 19.1. The highest BCUT2D eigenvalue weighted by Gasteiger charge is 2.24. The van der Waals surface area contributed by atoms with Crippen LogP contribution >= 0.6 is 0 Å². The van der Waals surface area contributed by atoms with Gasteiger partial charge < -0.3 is 20.2 Å². The van der Waals surface area contributed by atoms with E-state index in [1.807, 2.05) is 17.9 Å². The van der Waals surface area contributed by atoms with E-state index in [0.717, 1.165) is 24.9 Å². The number of aliphatic hydroxyl groups is 1. The molecule has 1 saturated heterocycles. The summed E-state index contributed by atoms with van der Waals surface area (Å²) in [6.45, 7) is 5.57. The predicted octanol–water partition coefficient (Wildman–Crippen LogP) is 2.52. The second-order valence-corrected chi connectivity index (χ2v) is 6.75. The molecule has 2 atom stereocenters. The van der Waals surface area contributed by atoms with Crippen LogP contribution in [-0.4, -0.2) is 54.9 Å². The van der Waals surface area contributed by atoms with E-state index < -0.39 is 6.10 Å². The van der Waals surface area contributed by atoms with Crippen LogP contribution in [0.25, 0.3) is 0 Å². The van der Waals surface area contributed by atoms with Gasteiger partial charge in [0.05, 0.1) is 11.8 Å². The smallest absolute Gasteiger partial charge is 0.317 e. The number of carbonyl (C=O) groups is 1. The molecule has 134 valence electrons. The van der Waals surface area contributed by atoms with Crippen molar-refractivity contribution in [1.82, 2.24) is 10.2 Å². The average molecular weight is 337 g/mol. The molecule has 1 aromatic rings. The summed E-state index contributed by atoms with van der Waals surface area (Å²) in [4.78, 5) is 15.8. The number of benzene rings is 1. The Morgan fingerprint density at radius 3 is 3.00 bits per heavy atom. The fourth-order valence-electron chi connectivity index (χ4n) is 2.95. The van der Waals surface area contributed by atoms with Crippen LogP contribution in [-0.2, 0) is 0 Å². The first-order chi connectivity index (χ1) is 11.4. The zero-order valence-corrected chi connectivity index (χ0v) is 14.8. The van der Waals surface area contributed by atoms with Crippen molar-refractivity contribution in [2.45, 2.75) is 45.3 Å². The number of anilines is 1. The molecule has 0 bridgehead atoms. The van der Waals surface area contributed by atoms with Crippen LogP contribution in [0.4, 0.5) is 14.9 Å². The SMILES string of the molecule is Cc1ccc(F)c(N2CCC[C@H](NC(=O)N(C)CC[C@H](C)O)C2)c1. The molecule has 0 spiro atoms. The van der Waals surface area contributed by atoms with Crippen LogP contribution in [0.1, 0.15) is 31.7 Å². The number of nitrogens with one attached hydrogen (secondary N) is 1. The van der Waals surface area contributed by atoms with Crippen LogP contribution in [0.3, 0.4) is 0 Å². The highest BCUT2D eigenvalue weighted by molar-refractivity contribution is 5.74. The third-order valence-corrected chi connectivity index (χ3v) is 4.42. The van der Waals surface area contributed by atoms with Crippen molar-refractivity contribution in [2.75, 3.05) is 31.6 Å². The van der Waals surface area contributed by atoms with Gasteiger partial charge in [0.1, 0.15) is 5.82 Å². The van der Waals surface area contributed by atoms with Gasteiger partial charge in [0, 0.05) is 32.7 Å². The molecule has 6 heteroatoms. The van der Waals surface area contributed by atoms with Gasteiger partial charge in [0.25, 0.3) is 0 Å². The van der Waals surface area contributed by atoms with Crippen LogP contribution in [0.5, 0.6) is 0 Å². The summed E-state index contributed by atoms with van der Waals surface area (Å²) in [5.41, 5.74) is 1.63. The molecule has 1 fully saturated rings. The quantitative estimate of drug-likeness (QED) is 0.868. The molecule has 0 radical (unpaired) electrons. The van der Waals surface area contributed by atoms with E-state index in [1.54, 1.807) is 24.9 Å². The molecular weight excluding hydrogens is 309 g/mol. The molecule has 2 rings (SSSR count). The normalized spacial score (nSPS) is 19.0. The molecule has 1 heterocycles. The van der Waals surface area contributed by atoms with Crippen molar-refractivity contribution >= 4 is 11.7 Å². The van der Waals surface area contributed by atoms with E-state index in [1.165, 1.54) is 6.07 Å². The maximum Gasteiger partial charge on any atom is 0.317 e. The van der Waals surface area contributed by atoms with E-state index >= 15 is 0 Å². The van der Waals surface area contributed by atoms with Crippen molar-refractivity contribution in [1.29, 1.82) is 0 Å². The molecule has 0 aliphatic carbocycles. The molecule has 24 heavy (non-hydrogen) atoms. The van der Waals surface area contributed by atoms with E-state index in [-0.39, 0.29) is 17.9 Å². The second-order valence-electron chi connectivity index (χ2n) is 6.75. The maximum atomic E-state index is 14.1. The number of rotatable bonds is 5. The molecule has 2 amide bonds.